The van der Waals surface area contributed by atoms with E-state index in [4.69, 9.17) is 5.11 Å². The maximum absolute atomic E-state index is 13.2. The zero-order chi connectivity index (χ0) is 14.1. The third kappa shape index (κ3) is 6.22. The molecule has 0 bridgehead atoms. The molecule has 1 aromatic carbocycles. The fraction of sp³-hybridized carbons (Fsp3) is 0.533. The first-order valence-corrected chi connectivity index (χ1v) is 6.85. The number of aliphatic carboxylic acids is 1. The average Bonchev–Trinajstić information content (AvgIpc) is 2.37. The lowest BCUT2D eigenvalue weighted by atomic mass is 10.2. The summed E-state index contributed by atoms with van der Waals surface area (Å²) in [6.45, 7) is 3.34. The monoisotopic (exact) mass is 267 g/mol. The lowest BCUT2D eigenvalue weighted by Gasteiger charge is -2.24. The molecule has 0 spiro atoms. The highest BCUT2D eigenvalue weighted by molar-refractivity contribution is 5.67. The minimum absolute atomic E-state index is 0.0737. The molecule has 0 aromatic heterocycles. The minimum Gasteiger partial charge on any atom is -0.481 e. The summed E-state index contributed by atoms with van der Waals surface area (Å²) in [5, 5.41) is 8.77. The van der Waals surface area contributed by atoms with Crippen molar-refractivity contribution in [2.45, 2.75) is 39.0 Å². The number of benzene rings is 1. The highest BCUT2D eigenvalue weighted by Crippen LogP contribution is 2.17. The fourth-order valence-electron chi connectivity index (χ4n) is 2.00. The van der Waals surface area contributed by atoms with Crippen LogP contribution in [0.5, 0.6) is 0 Å². The predicted octanol–water partition coefficient (Wildman–Crippen LogP) is 3.69. The standard InChI is InChI=1S/C15H22FNO2/c1-2-3-4-5-10-17(11-9-15(18)19)14-8-6-7-13(16)12-14/h6-8,12H,2-5,9-11H2,1H3,(H,18,19). The second kappa shape index (κ2) is 8.51. The number of hydrogen-bond acceptors (Lipinski definition) is 2. The Morgan fingerprint density at radius 3 is 2.68 bits per heavy atom. The zero-order valence-electron chi connectivity index (χ0n) is 11.4. The molecule has 0 radical (unpaired) electrons. The highest BCUT2D eigenvalue weighted by atomic mass is 19.1. The lowest BCUT2D eigenvalue weighted by molar-refractivity contribution is -0.136. The number of carboxylic acids is 1. The van der Waals surface area contributed by atoms with Gasteiger partial charge >= 0.3 is 5.97 Å². The summed E-state index contributed by atoms with van der Waals surface area (Å²) in [5.41, 5.74) is 0.762. The van der Waals surface area contributed by atoms with Crippen LogP contribution in [0.2, 0.25) is 0 Å². The number of anilines is 1. The van der Waals surface area contributed by atoms with E-state index < -0.39 is 5.97 Å². The lowest BCUT2D eigenvalue weighted by Crippen LogP contribution is -2.27. The first-order chi connectivity index (χ1) is 9.13. The molecule has 1 rings (SSSR count). The van der Waals surface area contributed by atoms with Crippen LogP contribution in [-0.4, -0.2) is 24.2 Å². The SMILES string of the molecule is CCCCCCN(CCC(=O)O)c1cccc(F)c1. The van der Waals surface area contributed by atoms with Crippen LogP contribution in [0.25, 0.3) is 0 Å². The molecule has 4 heteroatoms. The van der Waals surface area contributed by atoms with Crippen molar-refractivity contribution in [3.8, 4) is 0 Å². The molecule has 0 saturated heterocycles. The van der Waals surface area contributed by atoms with Gasteiger partial charge in [0.2, 0.25) is 0 Å². The van der Waals surface area contributed by atoms with Gasteiger partial charge in [0.15, 0.2) is 0 Å². The van der Waals surface area contributed by atoms with Crippen molar-refractivity contribution in [1.29, 1.82) is 0 Å². The third-order valence-corrected chi connectivity index (χ3v) is 3.05. The van der Waals surface area contributed by atoms with Crippen molar-refractivity contribution in [3.63, 3.8) is 0 Å². The van der Waals surface area contributed by atoms with Gasteiger partial charge in [0.05, 0.1) is 6.42 Å². The van der Waals surface area contributed by atoms with Crippen LogP contribution in [-0.2, 0) is 4.79 Å². The summed E-state index contributed by atoms with van der Waals surface area (Å²) >= 11 is 0. The summed E-state index contributed by atoms with van der Waals surface area (Å²) in [6, 6.07) is 6.34. The Morgan fingerprint density at radius 2 is 2.05 bits per heavy atom. The van der Waals surface area contributed by atoms with E-state index in [0.29, 0.717) is 6.54 Å². The molecule has 0 aliphatic rings. The second-order valence-corrected chi connectivity index (χ2v) is 4.67. The molecule has 3 nitrogen and oxygen atoms in total. The number of hydrogen-bond donors (Lipinski definition) is 1. The first-order valence-electron chi connectivity index (χ1n) is 6.85. The van der Waals surface area contributed by atoms with Gasteiger partial charge in [-0.25, -0.2) is 4.39 Å². The van der Waals surface area contributed by atoms with Gasteiger partial charge in [0, 0.05) is 18.8 Å². The molecule has 0 fully saturated rings. The van der Waals surface area contributed by atoms with Crippen molar-refractivity contribution < 1.29 is 14.3 Å². The van der Waals surface area contributed by atoms with Crippen molar-refractivity contribution in [2.24, 2.45) is 0 Å². The van der Waals surface area contributed by atoms with Gasteiger partial charge in [0.25, 0.3) is 0 Å². The van der Waals surface area contributed by atoms with Crippen molar-refractivity contribution >= 4 is 11.7 Å². The Labute approximate surface area is 114 Å². The van der Waals surface area contributed by atoms with Gasteiger partial charge in [-0.15, -0.1) is 0 Å². The fourth-order valence-corrected chi connectivity index (χ4v) is 2.00. The predicted molar refractivity (Wildman–Crippen MR) is 75.0 cm³/mol. The van der Waals surface area contributed by atoms with E-state index in [2.05, 4.69) is 6.92 Å². The summed E-state index contributed by atoms with van der Waals surface area (Å²) in [6.07, 6.45) is 4.54. The Hall–Kier alpha value is -1.58. The van der Waals surface area contributed by atoms with E-state index in [1.807, 2.05) is 11.0 Å². The molecule has 0 saturated carbocycles. The van der Waals surface area contributed by atoms with Gasteiger partial charge in [-0.3, -0.25) is 4.79 Å². The van der Waals surface area contributed by atoms with E-state index in [1.54, 1.807) is 6.07 Å². The van der Waals surface area contributed by atoms with Crippen LogP contribution in [0.1, 0.15) is 39.0 Å². The number of rotatable bonds is 9. The molecule has 19 heavy (non-hydrogen) atoms. The van der Waals surface area contributed by atoms with E-state index in [1.165, 1.54) is 18.6 Å². The Kier molecular flexibility index (Phi) is 6.93. The van der Waals surface area contributed by atoms with Gasteiger partial charge in [0.1, 0.15) is 5.82 Å². The van der Waals surface area contributed by atoms with Gasteiger partial charge in [-0.05, 0) is 24.6 Å². The molecule has 0 amide bonds. The maximum Gasteiger partial charge on any atom is 0.305 e. The number of halogens is 1. The molecule has 0 heterocycles. The van der Waals surface area contributed by atoms with Gasteiger partial charge < -0.3 is 10.0 Å². The van der Waals surface area contributed by atoms with Gasteiger partial charge in [-0.2, -0.15) is 0 Å². The number of carbonyl (C=O) groups is 1. The average molecular weight is 267 g/mol. The highest BCUT2D eigenvalue weighted by Gasteiger charge is 2.09. The smallest absolute Gasteiger partial charge is 0.305 e. The quantitative estimate of drug-likeness (QED) is 0.694. The molecule has 0 unspecified atom stereocenters. The zero-order valence-corrected chi connectivity index (χ0v) is 11.4. The molecule has 1 aromatic rings. The molecule has 1 N–H and O–H groups in total. The van der Waals surface area contributed by atoms with Crippen LogP contribution in [0, 0.1) is 5.82 Å². The number of unbranched alkanes of at least 4 members (excludes halogenated alkanes) is 3. The summed E-state index contributed by atoms with van der Waals surface area (Å²) < 4.78 is 13.2. The normalized spacial score (nSPS) is 10.4. The van der Waals surface area contributed by atoms with Crippen molar-refractivity contribution in [2.75, 3.05) is 18.0 Å². The Bertz CT molecular complexity index is 395. The molecule has 0 aliphatic carbocycles. The van der Waals surface area contributed by atoms with Crippen LogP contribution < -0.4 is 4.90 Å². The number of nitrogens with zero attached hydrogens (tertiary/aromatic N) is 1. The van der Waals surface area contributed by atoms with E-state index in [-0.39, 0.29) is 12.2 Å². The molecular formula is C15H22FNO2. The molecule has 0 aliphatic heterocycles. The van der Waals surface area contributed by atoms with Crippen LogP contribution in [0.3, 0.4) is 0 Å². The van der Waals surface area contributed by atoms with E-state index in [9.17, 15) is 9.18 Å². The van der Waals surface area contributed by atoms with Crippen molar-refractivity contribution in [1.82, 2.24) is 0 Å². The summed E-state index contributed by atoms with van der Waals surface area (Å²) in [5.74, 6) is -1.11. The largest absolute Gasteiger partial charge is 0.481 e. The van der Waals surface area contributed by atoms with E-state index >= 15 is 0 Å². The molecule has 106 valence electrons. The molecule has 0 atom stereocenters. The van der Waals surface area contributed by atoms with Crippen LogP contribution in [0.4, 0.5) is 10.1 Å². The van der Waals surface area contributed by atoms with Crippen LogP contribution >= 0.6 is 0 Å². The second-order valence-electron chi connectivity index (χ2n) is 4.67. The maximum atomic E-state index is 13.2. The number of carboxylic acid groups (broad SMARTS) is 1. The minimum atomic E-state index is -0.824. The summed E-state index contributed by atoms with van der Waals surface area (Å²) in [7, 11) is 0. The Morgan fingerprint density at radius 1 is 1.26 bits per heavy atom. The van der Waals surface area contributed by atoms with E-state index in [0.717, 1.165) is 31.5 Å². The molecular weight excluding hydrogens is 245 g/mol. The van der Waals surface area contributed by atoms with Crippen molar-refractivity contribution in [3.05, 3.63) is 30.1 Å². The topological polar surface area (TPSA) is 40.5 Å². The third-order valence-electron chi connectivity index (χ3n) is 3.05. The Balaban J connectivity index is 2.60. The summed E-state index contributed by atoms with van der Waals surface area (Å²) in [4.78, 5) is 12.6. The van der Waals surface area contributed by atoms with Crippen LogP contribution in [0.15, 0.2) is 24.3 Å². The first kappa shape index (κ1) is 15.5. The van der Waals surface area contributed by atoms with Gasteiger partial charge in [-0.1, -0.05) is 32.3 Å².